The molecular weight excluding hydrogens is 337 g/mol. The molecule has 132 valence electrons. The number of hydrogen-bond acceptors (Lipinski definition) is 4. The Morgan fingerprint density at radius 2 is 1.87 bits per heavy atom. The van der Waals surface area contributed by atoms with E-state index in [-0.39, 0.29) is 30.6 Å². The van der Waals surface area contributed by atoms with Crippen LogP contribution in [0.2, 0.25) is 0 Å². The van der Waals surface area contributed by atoms with Gasteiger partial charge >= 0.3 is 6.18 Å². The van der Waals surface area contributed by atoms with Gasteiger partial charge in [0.25, 0.3) is 0 Å². The molecule has 1 rings (SSSR count). The fourth-order valence-electron chi connectivity index (χ4n) is 1.51. The van der Waals surface area contributed by atoms with Crippen molar-refractivity contribution < 1.29 is 27.4 Å². The highest BCUT2D eigenvalue weighted by Gasteiger charge is 2.28. The predicted molar refractivity (Wildman–Crippen MR) is 81.8 cm³/mol. The summed E-state index contributed by atoms with van der Waals surface area (Å²) >= 11 is 0. The molecule has 0 atom stereocenters. The van der Waals surface area contributed by atoms with Crippen molar-refractivity contribution >= 4 is 18.3 Å². The molecule has 0 spiro atoms. The topological polar surface area (TPSA) is 59.6 Å². The number of benzene rings is 1. The number of carbonyl (C=O) groups is 1. The van der Waals surface area contributed by atoms with E-state index in [4.69, 9.17) is 4.74 Å². The highest BCUT2D eigenvalue weighted by molar-refractivity contribution is 5.85. The summed E-state index contributed by atoms with van der Waals surface area (Å²) in [7, 11) is 1.57. The molecular formula is C14H20ClF3N2O3. The second-order valence-corrected chi connectivity index (χ2v) is 4.49. The Hall–Kier alpha value is -1.51. The third kappa shape index (κ3) is 10.8. The van der Waals surface area contributed by atoms with E-state index in [1.807, 2.05) is 0 Å². The van der Waals surface area contributed by atoms with Gasteiger partial charge in [0.1, 0.15) is 5.75 Å². The fourth-order valence-corrected chi connectivity index (χ4v) is 1.51. The van der Waals surface area contributed by atoms with Crippen LogP contribution >= 0.6 is 12.4 Å². The van der Waals surface area contributed by atoms with E-state index in [1.54, 1.807) is 19.2 Å². The summed E-state index contributed by atoms with van der Waals surface area (Å²) in [5, 5.41) is 5.59. The first kappa shape index (κ1) is 21.5. The first-order chi connectivity index (χ1) is 10.4. The number of methoxy groups -OCH3 is 1. The van der Waals surface area contributed by atoms with Crippen molar-refractivity contribution in [1.82, 2.24) is 10.6 Å². The van der Waals surface area contributed by atoms with Crippen LogP contribution in [0.5, 0.6) is 5.75 Å². The van der Waals surface area contributed by atoms with Gasteiger partial charge in [-0.3, -0.25) is 4.79 Å². The minimum absolute atomic E-state index is 0. The Morgan fingerprint density at radius 1 is 1.22 bits per heavy atom. The maximum Gasteiger partial charge on any atom is 0.422 e. The zero-order chi connectivity index (χ0) is 16.4. The Bertz CT molecular complexity index is 456. The summed E-state index contributed by atoms with van der Waals surface area (Å²) in [6.07, 6.45) is -4.36. The van der Waals surface area contributed by atoms with E-state index in [2.05, 4.69) is 15.4 Å². The Kier molecular flexibility index (Phi) is 10.4. The van der Waals surface area contributed by atoms with Gasteiger partial charge in [-0.05, 0) is 17.7 Å². The lowest BCUT2D eigenvalue weighted by Crippen LogP contribution is -2.34. The molecule has 0 unspecified atom stereocenters. The van der Waals surface area contributed by atoms with E-state index in [0.29, 0.717) is 19.7 Å². The Labute approximate surface area is 138 Å². The zero-order valence-electron chi connectivity index (χ0n) is 12.6. The molecule has 0 aliphatic heterocycles. The number of nitrogens with one attached hydrogen (secondary N) is 2. The van der Waals surface area contributed by atoms with Crippen LogP contribution in [0.25, 0.3) is 0 Å². The molecule has 1 amide bonds. The maximum atomic E-state index is 12.0. The van der Waals surface area contributed by atoms with Gasteiger partial charge in [0.2, 0.25) is 5.91 Å². The highest BCUT2D eigenvalue weighted by Crippen LogP contribution is 2.18. The molecule has 0 aliphatic carbocycles. The van der Waals surface area contributed by atoms with Gasteiger partial charge in [0, 0.05) is 20.2 Å². The number of carbonyl (C=O) groups excluding carboxylic acids is 1. The lowest BCUT2D eigenvalue weighted by Gasteiger charge is -2.10. The summed E-state index contributed by atoms with van der Waals surface area (Å²) in [6.45, 7) is 0.249. The van der Waals surface area contributed by atoms with E-state index >= 15 is 0 Å². The SMILES string of the molecule is COCCNCC(=O)NCc1ccc(OCC(F)(F)F)cc1.Cl. The third-order valence-electron chi connectivity index (χ3n) is 2.58. The quantitative estimate of drug-likeness (QED) is 0.664. The molecule has 0 radical (unpaired) electrons. The van der Waals surface area contributed by atoms with Crippen molar-refractivity contribution in [3.05, 3.63) is 29.8 Å². The zero-order valence-corrected chi connectivity index (χ0v) is 13.4. The maximum absolute atomic E-state index is 12.0. The monoisotopic (exact) mass is 356 g/mol. The standard InChI is InChI=1S/C14H19F3N2O3.ClH/c1-21-7-6-18-9-13(20)19-8-11-2-4-12(5-3-11)22-10-14(15,16)17;/h2-5,18H,6-10H2,1H3,(H,19,20);1H. The average Bonchev–Trinajstić information content (AvgIpc) is 2.48. The lowest BCUT2D eigenvalue weighted by atomic mass is 10.2. The van der Waals surface area contributed by atoms with Crippen LogP contribution in [0.1, 0.15) is 5.56 Å². The number of halogens is 4. The molecule has 0 heterocycles. The van der Waals surface area contributed by atoms with Crippen molar-refractivity contribution in [1.29, 1.82) is 0 Å². The molecule has 0 aliphatic rings. The van der Waals surface area contributed by atoms with E-state index in [0.717, 1.165) is 5.56 Å². The van der Waals surface area contributed by atoms with Gasteiger partial charge in [-0.15, -0.1) is 12.4 Å². The van der Waals surface area contributed by atoms with Crippen LogP contribution in [0.3, 0.4) is 0 Å². The van der Waals surface area contributed by atoms with E-state index in [9.17, 15) is 18.0 Å². The average molecular weight is 357 g/mol. The predicted octanol–water partition coefficient (Wildman–Crippen LogP) is 1.90. The molecule has 0 saturated carbocycles. The summed E-state index contributed by atoms with van der Waals surface area (Å²) < 4.78 is 45.4. The van der Waals surface area contributed by atoms with Crippen molar-refractivity contribution in [2.75, 3.05) is 33.4 Å². The Balaban J connectivity index is 0.00000484. The molecule has 2 N–H and O–H groups in total. The van der Waals surface area contributed by atoms with Crippen molar-refractivity contribution in [3.8, 4) is 5.75 Å². The summed E-state index contributed by atoms with van der Waals surface area (Å²) in [6, 6.07) is 6.07. The van der Waals surface area contributed by atoms with E-state index in [1.165, 1.54) is 12.1 Å². The minimum Gasteiger partial charge on any atom is -0.484 e. The second kappa shape index (κ2) is 11.1. The molecule has 9 heteroatoms. The van der Waals surface area contributed by atoms with Crippen molar-refractivity contribution in [3.63, 3.8) is 0 Å². The fraction of sp³-hybridized carbons (Fsp3) is 0.500. The number of ether oxygens (including phenoxy) is 2. The summed E-state index contributed by atoms with van der Waals surface area (Å²) in [5.74, 6) is -0.0397. The van der Waals surface area contributed by atoms with Crippen LogP contribution in [0.4, 0.5) is 13.2 Å². The molecule has 5 nitrogen and oxygen atoms in total. The molecule has 0 bridgehead atoms. The van der Waals surface area contributed by atoms with Gasteiger partial charge in [-0.2, -0.15) is 13.2 Å². The molecule has 0 aromatic heterocycles. The van der Waals surface area contributed by atoms with Crippen LogP contribution in [-0.2, 0) is 16.1 Å². The molecule has 1 aromatic rings. The molecule has 0 saturated heterocycles. The van der Waals surface area contributed by atoms with Gasteiger partial charge in [-0.25, -0.2) is 0 Å². The van der Waals surface area contributed by atoms with Crippen LogP contribution in [0, 0.1) is 0 Å². The van der Waals surface area contributed by atoms with Gasteiger partial charge < -0.3 is 20.1 Å². The normalized spacial score (nSPS) is 10.8. The number of hydrogen-bond donors (Lipinski definition) is 2. The number of alkyl halides is 3. The van der Waals surface area contributed by atoms with Crippen LogP contribution in [0.15, 0.2) is 24.3 Å². The summed E-state index contributed by atoms with van der Waals surface area (Å²) in [5.41, 5.74) is 0.768. The minimum atomic E-state index is -4.36. The van der Waals surface area contributed by atoms with Gasteiger partial charge in [0.05, 0.1) is 13.2 Å². The number of rotatable bonds is 9. The Morgan fingerprint density at radius 3 is 2.43 bits per heavy atom. The highest BCUT2D eigenvalue weighted by atomic mass is 35.5. The summed E-state index contributed by atoms with van der Waals surface area (Å²) in [4.78, 5) is 11.5. The molecule has 0 fully saturated rings. The number of amides is 1. The van der Waals surface area contributed by atoms with E-state index < -0.39 is 12.8 Å². The van der Waals surface area contributed by atoms with Crippen LogP contribution in [-0.4, -0.2) is 45.5 Å². The first-order valence-electron chi connectivity index (χ1n) is 6.65. The largest absolute Gasteiger partial charge is 0.484 e. The lowest BCUT2D eigenvalue weighted by molar-refractivity contribution is -0.153. The molecule has 1 aromatic carbocycles. The smallest absolute Gasteiger partial charge is 0.422 e. The second-order valence-electron chi connectivity index (χ2n) is 4.49. The van der Waals surface area contributed by atoms with Crippen molar-refractivity contribution in [2.24, 2.45) is 0 Å². The van der Waals surface area contributed by atoms with Crippen LogP contribution < -0.4 is 15.4 Å². The van der Waals surface area contributed by atoms with Gasteiger partial charge in [0.15, 0.2) is 6.61 Å². The molecule has 23 heavy (non-hydrogen) atoms. The van der Waals surface area contributed by atoms with Gasteiger partial charge in [-0.1, -0.05) is 12.1 Å². The third-order valence-corrected chi connectivity index (χ3v) is 2.58. The van der Waals surface area contributed by atoms with Crippen molar-refractivity contribution in [2.45, 2.75) is 12.7 Å². The first-order valence-corrected chi connectivity index (χ1v) is 6.65.